The van der Waals surface area contributed by atoms with Crippen LogP contribution in [0, 0.1) is 0 Å². The Hall–Kier alpha value is -0.300. The highest BCUT2D eigenvalue weighted by Crippen LogP contribution is 2.07. The first-order valence-corrected chi connectivity index (χ1v) is 7.16. The Bertz CT molecular complexity index is 223. The molecule has 1 atom stereocenters. The van der Waals surface area contributed by atoms with Crippen LogP contribution in [0.5, 0.6) is 0 Å². The maximum Gasteiger partial charge on any atom is 0.238 e. The van der Waals surface area contributed by atoms with Gasteiger partial charge in [-0.1, -0.05) is 0 Å². The molecule has 0 aliphatic carbocycles. The summed E-state index contributed by atoms with van der Waals surface area (Å²) in [5.41, 5.74) is 0. The topological polar surface area (TPSA) is 53.6 Å². The van der Waals surface area contributed by atoms with Gasteiger partial charge in [0, 0.05) is 44.8 Å². The van der Waals surface area contributed by atoms with Crippen molar-refractivity contribution in [1.29, 1.82) is 0 Å². The van der Waals surface area contributed by atoms with Crippen LogP contribution in [0.15, 0.2) is 0 Å². The van der Waals surface area contributed by atoms with Gasteiger partial charge in [0.15, 0.2) is 0 Å². The Morgan fingerprint density at radius 2 is 2.41 bits per heavy atom. The molecule has 1 aliphatic heterocycles. The predicted octanol–water partition coefficient (Wildman–Crippen LogP) is -0.614. The minimum absolute atomic E-state index is 0.0157. The van der Waals surface area contributed by atoms with Crippen molar-refractivity contribution in [1.82, 2.24) is 15.5 Å². The first-order chi connectivity index (χ1) is 8.24. The fourth-order valence-corrected chi connectivity index (χ4v) is 2.52. The first-order valence-electron chi connectivity index (χ1n) is 6.00. The monoisotopic (exact) mass is 261 g/mol. The predicted molar refractivity (Wildman–Crippen MR) is 71.5 cm³/mol. The number of hydrogen-bond donors (Lipinski definition) is 2. The lowest BCUT2D eigenvalue weighted by Gasteiger charge is -2.23. The van der Waals surface area contributed by atoms with Crippen LogP contribution in [0.4, 0.5) is 0 Å². The molecule has 1 amide bonds. The van der Waals surface area contributed by atoms with E-state index in [-0.39, 0.29) is 11.9 Å². The minimum atomic E-state index is -0.0157. The van der Waals surface area contributed by atoms with Crippen LogP contribution < -0.4 is 10.6 Å². The highest BCUT2D eigenvalue weighted by Gasteiger charge is 2.20. The Balaban J connectivity index is 2.06. The van der Waals surface area contributed by atoms with Crippen molar-refractivity contribution >= 4 is 17.7 Å². The van der Waals surface area contributed by atoms with E-state index in [4.69, 9.17) is 4.74 Å². The van der Waals surface area contributed by atoms with Crippen molar-refractivity contribution in [2.45, 2.75) is 6.04 Å². The van der Waals surface area contributed by atoms with Crippen LogP contribution in [0.1, 0.15) is 0 Å². The third-order valence-electron chi connectivity index (χ3n) is 2.71. The Labute approximate surface area is 108 Å². The number of carbonyl (C=O) groups excluding carboxylic acids is 1. The second-order valence-electron chi connectivity index (χ2n) is 4.17. The number of carbonyl (C=O) groups is 1. The van der Waals surface area contributed by atoms with Crippen LogP contribution in [0.3, 0.4) is 0 Å². The summed E-state index contributed by atoms with van der Waals surface area (Å²) in [5, 5.41) is 6.19. The maximum absolute atomic E-state index is 11.8. The largest absolute Gasteiger partial charge is 0.383 e. The van der Waals surface area contributed by atoms with Gasteiger partial charge in [-0.3, -0.25) is 4.79 Å². The van der Waals surface area contributed by atoms with Gasteiger partial charge in [0.1, 0.15) is 0 Å². The first kappa shape index (κ1) is 14.8. The molecule has 1 rings (SSSR count). The van der Waals surface area contributed by atoms with Gasteiger partial charge in [-0.25, -0.2) is 0 Å². The molecule has 0 aromatic heterocycles. The second-order valence-corrected chi connectivity index (χ2v) is 5.32. The summed E-state index contributed by atoms with van der Waals surface area (Å²) in [5.74, 6) is 2.10. The minimum Gasteiger partial charge on any atom is -0.383 e. The number of hydrogen-bond acceptors (Lipinski definition) is 5. The van der Waals surface area contributed by atoms with Crippen molar-refractivity contribution in [3.8, 4) is 0 Å². The average molecular weight is 261 g/mol. The van der Waals surface area contributed by atoms with E-state index in [1.165, 1.54) is 0 Å². The fraction of sp³-hybridized carbons (Fsp3) is 0.909. The van der Waals surface area contributed by atoms with Gasteiger partial charge >= 0.3 is 0 Å². The van der Waals surface area contributed by atoms with E-state index in [2.05, 4.69) is 15.5 Å². The number of ether oxygens (including phenoxy) is 1. The summed E-state index contributed by atoms with van der Waals surface area (Å²) in [4.78, 5) is 13.9. The molecule has 0 radical (unpaired) electrons. The molecule has 0 aromatic carbocycles. The van der Waals surface area contributed by atoms with Crippen LogP contribution in [-0.2, 0) is 9.53 Å². The van der Waals surface area contributed by atoms with Crippen molar-refractivity contribution in [3.05, 3.63) is 0 Å². The summed E-state index contributed by atoms with van der Waals surface area (Å²) < 4.78 is 4.99. The van der Waals surface area contributed by atoms with E-state index in [0.717, 1.165) is 37.7 Å². The lowest BCUT2D eigenvalue weighted by atomic mass is 10.3. The summed E-state index contributed by atoms with van der Waals surface area (Å²) in [6.45, 7) is 4.10. The van der Waals surface area contributed by atoms with Gasteiger partial charge in [0.05, 0.1) is 12.6 Å². The third kappa shape index (κ3) is 6.26. The SMILES string of the molecule is COCCN(C)CCNC(=O)C1CSCCN1. The average Bonchev–Trinajstić information content (AvgIpc) is 2.37. The highest BCUT2D eigenvalue weighted by atomic mass is 32.2. The van der Waals surface area contributed by atoms with E-state index in [1.54, 1.807) is 7.11 Å². The summed E-state index contributed by atoms with van der Waals surface area (Å²) in [6.07, 6.45) is 0. The van der Waals surface area contributed by atoms with Crippen molar-refractivity contribution in [3.63, 3.8) is 0 Å². The van der Waals surface area contributed by atoms with E-state index in [9.17, 15) is 4.79 Å². The Morgan fingerprint density at radius 3 is 3.06 bits per heavy atom. The number of nitrogens with zero attached hydrogens (tertiary/aromatic N) is 1. The number of rotatable bonds is 7. The van der Waals surface area contributed by atoms with Crippen LogP contribution in [0.2, 0.25) is 0 Å². The smallest absolute Gasteiger partial charge is 0.238 e. The standard InChI is InChI=1S/C11H23N3O2S/c1-14(6-7-16-2)5-3-13-11(15)10-9-17-8-4-12-10/h10,12H,3-9H2,1-2H3,(H,13,15). The molecular formula is C11H23N3O2S. The zero-order valence-electron chi connectivity index (χ0n) is 10.7. The molecule has 1 aliphatic rings. The Kier molecular flexibility index (Phi) is 7.59. The van der Waals surface area contributed by atoms with Crippen LogP contribution >= 0.6 is 11.8 Å². The summed E-state index contributed by atoms with van der Waals surface area (Å²) in [6, 6.07) is -0.0157. The van der Waals surface area contributed by atoms with E-state index < -0.39 is 0 Å². The zero-order chi connectivity index (χ0) is 12.5. The lowest BCUT2D eigenvalue weighted by Crippen LogP contribution is -2.50. The molecule has 1 fully saturated rings. The molecule has 0 bridgehead atoms. The highest BCUT2D eigenvalue weighted by molar-refractivity contribution is 7.99. The van der Waals surface area contributed by atoms with Crippen LogP contribution in [-0.4, -0.2) is 75.3 Å². The molecule has 0 saturated carbocycles. The van der Waals surface area contributed by atoms with Gasteiger partial charge < -0.3 is 20.3 Å². The number of likely N-dealkylation sites (N-methyl/N-ethyl adjacent to an activating group) is 1. The quantitative estimate of drug-likeness (QED) is 0.640. The van der Waals surface area contributed by atoms with Crippen molar-refractivity contribution < 1.29 is 9.53 Å². The van der Waals surface area contributed by atoms with Gasteiger partial charge in [-0.05, 0) is 7.05 Å². The van der Waals surface area contributed by atoms with Gasteiger partial charge in [-0.15, -0.1) is 0 Å². The van der Waals surface area contributed by atoms with Gasteiger partial charge in [0.25, 0.3) is 0 Å². The number of thioether (sulfide) groups is 1. The molecule has 2 N–H and O–H groups in total. The Morgan fingerprint density at radius 1 is 1.59 bits per heavy atom. The van der Waals surface area contributed by atoms with E-state index in [1.807, 2.05) is 18.8 Å². The molecule has 1 saturated heterocycles. The number of nitrogens with one attached hydrogen (secondary N) is 2. The zero-order valence-corrected chi connectivity index (χ0v) is 11.5. The molecule has 100 valence electrons. The number of methoxy groups -OCH3 is 1. The molecule has 6 heteroatoms. The molecule has 1 heterocycles. The van der Waals surface area contributed by atoms with Crippen molar-refractivity contribution in [2.75, 3.05) is 58.4 Å². The fourth-order valence-electron chi connectivity index (χ4n) is 1.59. The lowest BCUT2D eigenvalue weighted by molar-refractivity contribution is -0.122. The summed E-state index contributed by atoms with van der Waals surface area (Å²) in [7, 11) is 3.72. The van der Waals surface area contributed by atoms with Crippen molar-refractivity contribution in [2.24, 2.45) is 0 Å². The molecular weight excluding hydrogens is 238 g/mol. The molecule has 17 heavy (non-hydrogen) atoms. The van der Waals surface area contributed by atoms with Gasteiger partial charge in [0.2, 0.25) is 5.91 Å². The molecule has 1 unspecified atom stereocenters. The molecule has 0 spiro atoms. The maximum atomic E-state index is 11.8. The number of amides is 1. The third-order valence-corrected chi connectivity index (χ3v) is 3.77. The molecule has 0 aromatic rings. The van der Waals surface area contributed by atoms with Gasteiger partial charge in [-0.2, -0.15) is 11.8 Å². The normalized spacial score (nSPS) is 20.5. The summed E-state index contributed by atoms with van der Waals surface area (Å²) >= 11 is 1.83. The second kappa shape index (κ2) is 8.74. The van der Waals surface area contributed by atoms with Crippen LogP contribution in [0.25, 0.3) is 0 Å². The van der Waals surface area contributed by atoms with E-state index in [0.29, 0.717) is 6.54 Å². The molecule has 5 nitrogen and oxygen atoms in total. The van der Waals surface area contributed by atoms with E-state index >= 15 is 0 Å².